The number of nitrogens with one attached hydrogen (secondary N) is 1. The lowest BCUT2D eigenvalue weighted by Crippen LogP contribution is -2.32. The highest BCUT2D eigenvalue weighted by molar-refractivity contribution is 7.14. The topological polar surface area (TPSA) is 67.8 Å². The third-order valence-corrected chi connectivity index (χ3v) is 4.02. The maximum Gasteiger partial charge on any atom is 0.336 e. The Labute approximate surface area is 105 Å². The molecule has 0 unspecified atom stereocenters. The second kappa shape index (κ2) is 3.82. The van der Waals surface area contributed by atoms with Crippen LogP contribution in [-0.4, -0.2) is 14.5 Å². The molecule has 0 radical (unpaired) electrons. The molecule has 1 N–H and O–H groups in total. The van der Waals surface area contributed by atoms with Gasteiger partial charge in [-0.05, 0) is 19.3 Å². The van der Waals surface area contributed by atoms with E-state index in [1.807, 2.05) is 0 Å². The zero-order chi connectivity index (χ0) is 12.0. The summed E-state index contributed by atoms with van der Waals surface area (Å²) in [4.78, 5) is 31.3. The van der Waals surface area contributed by atoms with Gasteiger partial charge in [0.1, 0.15) is 5.15 Å². The molecule has 0 aliphatic heterocycles. The number of hydrogen-bond donors (Lipinski definition) is 1. The summed E-state index contributed by atoms with van der Waals surface area (Å²) in [5.74, 6) is 0. The first-order valence-corrected chi connectivity index (χ1v) is 6.35. The molecular weight excluding hydrogens is 262 g/mol. The van der Waals surface area contributed by atoms with E-state index >= 15 is 0 Å². The number of aryl methyl sites for hydroxylation is 2. The monoisotopic (exact) mass is 269 g/mol. The molecule has 0 aromatic carbocycles. The average Bonchev–Trinajstić information content (AvgIpc) is 2.75. The second-order valence-corrected chi connectivity index (χ2v) is 5.29. The Hall–Kier alpha value is -1.40. The Balaban J connectivity index is 2.22. The molecule has 5 nitrogen and oxygen atoms in total. The molecule has 2 aromatic heterocycles. The van der Waals surface area contributed by atoms with E-state index in [0.717, 1.165) is 29.5 Å². The molecule has 7 heteroatoms. The van der Waals surface area contributed by atoms with Gasteiger partial charge in [0.2, 0.25) is 5.13 Å². The van der Waals surface area contributed by atoms with E-state index in [1.165, 1.54) is 22.3 Å². The van der Waals surface area contributed by atoms with Crippen molar-refractivity contribution in [2.75, 3.05) is 0 Å². The van der Waals surface area contributed by atoms with Crippen LogP contribution in [0.3, 0.4) is 0 Å². The number of halogens is 1. The van der Waals surface area contributed by atoms with Crippen LogP contribution in [0.5, 0.6) is 0 Å². The number of aromatic nitrogens is 3. The minimum absolute atomic E-state index is 0.0420. The van der Waals surface area contributed by atoms with E-state index in [-0.39, 0.29) is 5.15 Å². The third kappa shape index (κ3) is 1.73. The normalized spacial score (nSPS) is 13.9. The minimum atomic E-state index is -0.546. The summed E-state index contributed by atoms with van der Waals surface area (Å²) < 4.78 is 1.02. The van der Waals surface area contributed by atoms with Crippen LogP contribution in [0.25, 0.3) is 5.13 Å². The Morgan fingerprint density at radius 3 is 2.94 bits per heavy atom. The molecule has 1 aliphatic carbocycles. The predicted octanol–water partition coefficient (Wildman–Crippen LogP) is 1.12. The van der Waals surface area contributed by atoms with E-state index in [0.29, 0.717) is 5.13 Å². The SMILES string of the molecule is O=c1cc(Cl)[nH]c(=O)n1-c1nc2c(s1)CCC2. The molecule has 0 bridgehead atoms. The zero-order valence-electron chi connectivity index (χ0n) is 8.70. The van der Waals surface area contributed by atoms with Gasteiger partial charge in [0, 0.05) is 10.9 Å². The van der Waals surface area contributed by atoms with Gasteiger partial charge in [-0.25, -0.2) is 14.3 Å². The van der Waals surface area contributed by atoms with Crippen molar-refractivity contribution in [3.05, 3.63) is 42.6 Å². The molecule has 2 aromatic rings. The fraction of sp³-hybridized carbons (Fsp3) is 0.300. The molecule has 1 aliphatic rings. The van der Waals surface area contributed by atoms with E-state index in [1.54, 1.807) is 0 Å². The van der Waals surface area contributed by atoms with Crippen molar-refractivity contribution in [2.45, 2.75) is 19.3 Å². The van der Waals surface area contributed by atoms with Crippen molar-refractivity contribution in [1.82, 2.24) is 14.5 Å². The molecule has 0 spiro atoms. The summed E-state index contributed by atoms with van der Waals surface area (Å²) in [6.07, 6.45) is 3.00. The molecule has 0 amide bonds. The summed E-state index contributed by atoms with van der Waals surface area (Å²) >= 11 is 7.00. The van der Waals surface area contributed by atoms with Gasteiger partial charge in [0.05, 0.1) is 5.69 Å². The Morgan fingerprint density at radius 1 is 1.41 bits per heavy atom. The van der Waals surface area contributed by atoms with Crippen molar-refractivity contribution in [3.63, 3.8) is 0 Å². The van der Waals surface area contributed by atoms with Gasteiger partial charge in [-0.3, -0.25) is 9.78 Å². The van der Waals surface area contributed by atoms with Crippen LogP contribution in [0, 0.1) is 0 Å². The highest BCUT2D eigenvalue weighted by Gasteiger charge is 2.19. The summed E-state index contributed by atoms with van der Waals surface area (Å²) in [5.41, 5.74) is 0.00680. The first kappa shape index (κ1) is 10.7. The smallest absolute Gasteiger partial charge is 0.297 e. The van der Waals surface area contributed by atoms with Crippen LogP contribution >= 0.6 is 22.9 Å². The van der Waals surface area contributed by atoms with Gasteiger partial charge in [-0.1, -0.05) is 11.6 Å². The second-order valence-electron chi connectivity index (χ2n) is 3.82. The van der Waals surface area contributed by atoms with E-state index < -0.39 is 11.2 Å². The highest BCUT2D eigenvalue weighted by atomic mass is 35.5. The first-order chi connectivity index (χ1) is 8.15. The Kier molecular flexibility index (Phi) is 2.41. The molecule has 0 fully saturated rings. The van der Waals surface area contributed by atoms with Gasteiger partial charge in [-0.2, -0.15) is 0 Å². The number of hydrogen-bond acceptors (Lipinski definition) is 4. The van der Waals surface area contributed by atoms with Crippen molar-refractivity contribution in [3.8, 4) is 5.13 Å². The number of nitrogens with zero attached hydrogens (tertiary/aromatic N) is 2. The fourth-order valence-electron chi connectivity index (χ4n) is 1.92. The minimum Gasteiger partial charge on any atom is -0.297 e. The lowest BCUT2D eigenvalue weighted by molar-refractivity contribution is 0.847. The van der Waals surface area contributed by atoms with Gasteiger partial charge >= 0.3 is 5.69 Å². The van der Waals surface area contributed by atoms with Crippen LogP contribution in [0.2, 0.25) is 5.15 Å². The van der Waals surface area contributed by atoms with Crippen molar-refractivity contribution in [1.29, 1.82) is 0 Å². The molecule has 0 saturated carbocycles. The van der Waals surface area contributed by atoms with Crippen LogP contribution < -0.4 is 11.2 Å². The standard InChI is InChI=1S/C10H8ClN3O2S/c11-7-4-8(15)14(9(16)13-7)10-12-5-2-1-3-6(5)17-10/h4H,1-3H2,(H,13,16). The van der Waals surface area contributed by atoms with Crippen molar-refractivity contribution < 1.29 is 0 Å². The molecule has 88 valence electrons. The number of aromatic amines is 1. The van der Waals surface area contributed by atoms with Gasteiger partial charge in [0.25, 0.3) is 5.56 Å². The molecule has 0 saturated heterocycles. The molecule has 3 rings (SSSR count). The number of H-pyrrole nitrogens is 1. The Morgan fingerprint density at radius 2 is 2.24 bits per heavy atom. The molecule has 2 heterocycles. The first-order valence-electron chi connectivity index (χ1n) is 5.16. The number of rotatable bonds is 1. The van der Waals surface area contributed by atoms with Crippen LogP contribution in [0.1, 0.15) is 17.0 Å². The third-order valence-electron chi connectivity index (χ3n) is 2.68. The fourth-order valence-corrected chi connectivity index (χ4v) is 3.25. The summed E-state index contributed by atoms with van der Waals surface area (Å²) in [5, 5.41) is 0.470. The van der Waals surface area contributed by atoms with Gasteiger partial charge < -0.3 is 0 Å². The van der Waals surface area contributed by atoms with Crippen LogP contribution in [0.15, 0.2) is 15.7 Å². The highest BCUT2D eigenvalue weighted by Crippen LogP contribution is 2.28. The maximum absolute atomic E-state index is 11.7. The average molecular weight is 270 g/mol. The lowest BCUT2D eigenvalue weighted by Gasteiger charge is -1.99. The van der Waals surface area contributed by atoms with Crippen LogP contribution in [-0.2, 0) is 12.8 Å². The quantitative estimate of drug-likeness (QED) is 0.789. The summed E-state index contributed by atoms with van der Waals surface area (Å²) in [6.45, 7) is 0. The summed E-state index contributed by atoms with van der Waals surface area (Å²) in [7, 11) is 0. The zero-order valence-corrected chi connectivity index (χ0v) is 10.3. The summed E-state index contributed by atoms with van der Waals surface area (Å²) in [6, 6.07) is 1.18. The van der Waals surface area contributed by atoms with Crippen molar-refractivity contribution >= 4 is 22.9 Å². The number of fused-ring (bicyclic) bond motifs is 1. The van der Waals surface area contributed by atoms with E-state index in [4.69, 9.17) is 11.6 Å². The van der Waals surface area contributed by atoms with Gasteiger partial charge in [-0.15, -0.1) is 11.3 Å². The molecule has 0 atom stereocenters. The van der Waals surface area contributed by atoms with E-state index in [9.17, 15) is 9.59 Å². The lowest BCUT2D eigenvalue weighted by atomic mass is 10.4. The van der Waals surface area contributed by atoms with Crippen LogP contribution in [0.4, 0.5) is 0 Å². The van der Waals surface area contributed by atoms with Gasteiger partial charge in [0.15, 0.2) is 0 Å². The maximum atomic E-state index is 11.7. The number of thiazole rings is 1. The van der Waals surface area contributed by atoms with Crippen molar-refractivity contribution in [2.24, 2.45) is 0 Å². The Bertz CT molecular complexity index is 648. The molecule has 17 heavy (non-hydrogen) atoms. The van der Waals surface area contributed by atoms with E-state index in [2.05, 4.69) is 9.97 Å². The largest absolute Gasteiger partial charge is 0.336 e. The predicted molar refractivity (Wildman–Crippen MR) is 65.4 cm³/mol. The molecular formula is C10H8ClN3O2S.